The van der Waals surface area contributed by atoms with E-state index in [0.29, 0.717) is 30.3 Å². The van der Waals surface area contributed by atoms with Crippen LogP contribution >= 0.6 is 0 Å². The highest BCUT2D eigenvalue weighted by Gasteiger charge is 2.18. The van der Waals surface area contributed by atoms with Crippen LogP contribution in [0.2, 0.25) is 0 Å². The van der Waals surface area contributed by atoms with Crippen LogP contribution in [-0.4, -0.2) is 57.1 Å². The number of benzene rings is 2. The van der Waals surface area contributed by atoms with Gasteiger partial charge in [0.2, 0.25) is 11.9 Å². The number of carbonyl (C=O) groups is 1. The molecule has 0 radical (unpaired) electrons. The highest BCUT2D eigenvalue weighted by atomic mass is 19.1. The predicted molar refractivity (Wildman–Crippen MR) is 180 cm³/mol. The van der Waals surface area contributed by atoms with E-state index < -0.39 is 5.83 Å². The van der Waals surface area contributed by atoms with E-state index in [1.165, 1.54) is 34.9 Å². The molecule has 0 aliphatic carbocycles. The summed E-state index contributed by atoms with van der Waals surface area (Å²) in [5.41, 5.74) is 7.83. The van der Waals surface area contributed by atoms with Crippen molar-refractivity contribution in [2.75, 3.05) is 42.6 Å². The van der Waals surface area contributed by atoms with Crippen molar-refractivity contribution in [2.24, 2.45) is 5.92 Å². The number of carbonyl (C=O) groups excluding carboxylic acids is 1. The molecule has 11 heteroatoms. The van der Waals surface area contributed by atoms with Crippen LogP contribution in [0.1, 0.15) is 49.3 Å². The second kappa shape index (κ2) is 14.3. The van der Waals surface area contributed by atoms with Crippen molar-refractivity contribution in [1.29, 1.82) is 0 Å². The largest absolute Gasteiger partial charge is 0.388 e. The molecule has 4 N–H and O–H groups in total. The Kier molecular flexibility index (Phi) is 10.1. The molecule has 6 rings (SSSR count). The number of rotatable bonds is 10. The fourth-order valence-electron chi connectivity index (χ4n) is 5.63. The molecular formula is C34H42FN9O. The summed E-state index contributed by atoms with van der Waals surface area (Å²) in [6.45, 7) is 12.8. The standard InChI is InChI=1S/C31H39N9.C3H3FO/c1-20(2)25-19-36-40-29(25)37-30(34-17-22-10-13-33-14-11-22)38-31(40)35-18-26-21(3)6-5-7-28(26)39-15-12-23-16-24(32-4)8-9-27(23)39;1-3(4)2-5/h5-9,12,15-16,19-20,22,32-33H,10-11,13-14,17-18H2,1-4H3,(H2,34,35,37,38);2H,1H2. The molecule has 5 aromatic rings. The number of fused-ring (bicyclic) bond motifs is 2. The van der Waals surface area contributed by atoms with Crippen LogP contribution in [-0.2, 0) is 11.3 Å². The minimum Gasteiger partial charge on any atom is -0.388 e. The highest BCUT2D eigenvalue weighted by molar-refractivity contribution is 5.85. The summed E-state index contributed by atoms with van der Waals surface area (Å²) in [5, 5.41) is 19.7. The maximum absolute atomic E-state index is 10.9. The van der Waals surface area contributed by atoms with Gasteiger partial charge in [-0.25, -0.2) is 4.39 Å². The Morgan fingerprint density at radius 1 is 1.16 bits per heavy atom. The Balaban J connectivity index is 0.000000743. The van der Waals surface area contributed by atoms with E-state index >= 15 is 0 Å². The number of nitrogens with zero attached hydrogens (tertiary/aromatic N) is 5. The van der Waals surface area contributed by atoms with E-state index in [2.05, 4.69) is 107 Å². The van der Waals surface area contributed by atoms with Crippen molar-refractivity contribution >= 4 is 40.4 Å². The van der Waals surface area contributed by atoms with Crippen molar-refractivity contribution < 1.29 is 9.18 Å². The molecule has 0 atom stereocenters. The molecule has 4 heterocycles. The first-order valence-electron chi connectivity index (χ1n) is 15.4. The fourth-order valence-corrected chi connectivity index (χ4v) is 5.63. The molecule has 2 aromatic carbocycles. The summed E-state index contributed by atoms with van der Waals surface area (Å²) in [7, 11) is 1.95. The molecule has 1 fully saturated rings. The lowest BCUT2D eigenvalue weighted by Gasteiger charge is -2.23. The third-order valence-electron chi connectivity index (χ3n) is 8.20. The molecule has 45 heavy (non-hydrogen) atoms. The van der Waals surface area contributed by atoms with Crippen LogP contribution in [0.3, 0.4) is 0 Å². The molecule has 10 nitrogen and oxygen atoms in total. The van der Waals surface area contributed by atoms with Crippen molar-refractivity contribution in [3.8, 4) is 5.69 Å². The van der Waals surface area contributed by atoms with Gasteiger partial charge in [-0.3, -0.25) is 4.79 Å². The van der Waals surface area contributed by atoms with Crippen LogP contribution in [0.25, 0.3) is 22.2 Å². The van der Waals surface area contributed by atoms with E-state index in [4.69, 9.17) is 14.8 Å². The molecule has 0 amide bonds. The lowest BCUT2D eigenvalue weighted by molar-refractivity contribution is -0.106. The Labute approximate surface area is 263 Å². The van der Waals surface area contributed by atoms with Crippen molar-refractivity contribution in [2.45, 2.75) is 46.1 Å². The molecule has 0 unspecified atom stereocenters. The molecule has 1 aliphatic rings. The molecule has 0 bridgehead atoms. The van der Waals surface area contributed by atoms with Gasteiger partial charge in [0.1, 0.15) is 0 Å². The number of hydrogen-bond donors (Lipinski definition) is 4. The van der Waals surface area contributed by atoms with Gasteiger partial charge >= 0.3 is 0 Å². The minimum absolute atomic E-state index is 0.0556. The van der Waals surface area contributed by atoms with Gasteiger partial charge in [-0.2, -0.15) is 19.6 Å². The first kappa shape index (κ1) is 31.6. The highest BCUT2D eigenvalue weighted by Crippen LogP contribution is 2.28. The summed E-state index contributed by atoms with van der Waals surface area (Å²) >= 11 is 0. The molecular weight excluding hydrogens is 569 g/mol. The number of halogens is 1. The van der Waals surface area contributed by atoms with Gasteiger partial charge in [0, 0.05) is 43.0 Å². The summed E-state index contributed by atoms with van der Waals surface area (Å²) in [5.74, 6) is 1.35. The molecule has 236 valence electrons. The van der Waals surface area contributed by atoms with Gasteiger partial charge in [-0.05, 0) is 86.1 Å². The normalized spacial score (nSPS) is 13.5. The predicted octanol–water partition coefficient (Wildman–Crippen LogP) is 6.23. The second-order valence-electron chi connectivity index (χ2n) is 11.6. The lowest BCUT2D eigenvalue weighted by Crippen LogP contribution is -2.31. The lowest BCUT2D eigenvalue weighted by atomic mass is 9.98. The summed E-state index contributed by atoms with van der Waals surface area (Å²) in [6.07, 6.45) is 6.47. The first-order valence-corrected chi connectivity index (χ1v) is 15.4. The van der Waals surface area contributed by atoms with Gasteiger partial charge in [0.05, 0.1) is 17.4 Å². The van der Waals surface area contributed by atoms with E-state index in [1.54, 1.807) is 0 Å². The second-order valence-corrected chi connectivity index (χ2v) is 11.6. The zero-order valence-electron chi connectivity index (χ0n) is 26.4. The summed E-state index contributed by atoms with van der Waals surface area (Å²) < 4.78 is 15.0. The maximum atomic E-state index is 10.9. The van der Waals surface area contributed by atoms with Crippen LogP contribution in [0, 0.1) is 12.8 Å². The number of aldehydes is 1. The van der Waals surface area contributed by atoms with Gasteiger partial charge in [0.25, 0.3) is 0 Å². The monoisotopic (exact) mass is 611 g/mol. The topological polar surface area (TPSA) is 113 Å². The van der Waals surface area contributed by atoms with Crippen LogP contribution in [0.5, 0.6) is 0 Å². The van der Waals surface area contributed by atoms with Crippen molar-refractivity contribution in [3.05, 3.63) is 84.0 Å². The summed E-state index contributed by atoms with van der Waals surface area (Å²) in [6, 6.07) is 15.1. The molecule has 1 aliphatic heterocycles. The average Bonchev–Trinajstić information content (AvgIpc) is 3.68. The smallest absolute Gasteiger partial charge is 0.229 e. The number of aryl methyl sites for hydroxylation is 1. The number of anilines is 3. The third kappa shape index (κ3) is 7.31. The number of hydrogen-bond acceptors (Lipinski definition) is 8. The maximum Gasteiger partial charge on any atom is 0.229 e. The van der Waals surface area contributed by atoms with E-state index in [9.17, 15) is 4.39 Å². The number of piperidine rings is 1. The Bertz CT molecular complexity index is 1790. The fraction of sp³-hybridized carbons (Fsp3) is 0.353. The third-order valence-corrected chi connectivity index (χ3v) is 8.20. The van der Waals surface area contributed by atoms with Crippen molar-refractivity contribution in [1.82, 2.24) is 29.5 Å². The van der Waals surface area contributed by atoms with Gasteiger partial charge in [-0.15, -0.1) is 0 Å². The van der Waals surface area contributed by atoms with Crippen LogP contribution in [0.4, 0.5) is 22.0 Å². The Morgan fingerprint density at radius 3 is 2.64 bits per heavy atom. The van der Waals surface area contributed by atoms with Crippen molar-refractivity contribution in [3.63, 3.8) is 0 Å². The zero-order chi connectivity index (χ0) is 31.9. The SMILES string of the molecule is C=C(F)C=O.CNc1ccc2c(ccn2-c2cccc(C)c2CNc2nc(NCC3CCNCC3)nc3c(C(C)C)cnn23)c1. The Hall–Kier alpha value is -4.77. The molecule has 0 spiro atoms. The molecule has 3 aromatic heterocycles. The number of aromatic nitrogens is 5. The van der Waals surface area contributed by atoms with Gasteiger partial charge in [0.15, 0.2) is 17.8 Å². The first-order chi connectivity index (χ1) is 21.8. The quantitative estimate of drug-likeness (QED) is 0.109. The summed E-state index contributed by atoms with van der Waals surface area (Å²) in [4.78, 5) is 18.8. The van der Waals surface area contributed by atoms with Crippen LogP contribution < -0.4 is 21.3 Å². The van der Waals surface area contributed by atoms with E-state index in [1.807, 2.05) is 17.8 Å². The van der Waals surface area contributed by atoms with E-state index in [-0.39, 0.29) is 6.29 Å². The van der Waals surface area contributed by atoms with Gasteiger partial charge < -0.3 is 25.8 Å². The van der Waals surface area contributed by atoms with E-state index in [0.717, 1.165) is 42.2 Å². The number of allylic oxidation sites excluding steroid dienone is 1. The Morgan fingerprint density at radius 2 is 1.93 bits per heavy atom. The molecule has 0 saturated carbocycles. The minimum atomic E-state index is -0.926. The van der Waals surface area contributed by atoms with Gasteiger partial charge in [-0.1, -0.05) is 32.6 Å². The van der Waals surface area contributed by atoms with Crippen LogP contribution in [0.15, 0.2) is 67.3 Å². The number of nitrogens with one attached hydrogen (secondary N) is 4. The molecule has 1 saturated heterocycles. The average molecular weight is 612 g/mol. The zero-order valence-corrected chi connectivity index (χ0v) is 26.4.